The standard InChI is InChI=1S/C10H13NO3S/c1-3-10(12)11(2)15(13,14)9-7-5-4-6-8-9/h4-8H,3H2,1-2H3. The predicted octanol–water partition coefficient (Wildman–Crippen LogP) is 1.24. The van der Waals surface area contributed by atoms with Crippen molar-refractivity contribution in [3.8, 4) is 0 Å². The molecule has 0 heterocycles. The topological polar surface area (TPSA) is 54.5 Å². The monoisotopic (exact) mass is 227 g/mol. The van der Waals surface area contributed by atoms with E-state index in [0.29, 0.717) is 0 Å². The Morgan fingerprint density at radius 1 is 1.27 bits per heavy atom. The van der Waals surface area contributed by atoms with E-state index < -0.39 is 15.9 Å². The minimum atomic E-state index is -3.67. The molecule has 82 valence electrons. The smallest absolute Gasteiger partial charge is 0.266 e. The molecule has 0 atom stereocenters. The molecule has 5 heteroatoms. The van der Waals surface area contributed by atoms with Crippen molar-refractivity contribution in [3.63, 3.8) is 0 Å². The summed E-state index contributed by atoms with van der Waals surface area (Å²) in [6.07, 6.45) is 0.169. The molecular formula is C10H13NO3S. The van der Waals surface area contributed by atoms with Crippen LogP contribution in [0.5, 0.6) is 0 Å². The average molecular weight is 227 g/mol. The normalized spacial score (nSPS) is 11.1. The molecule has 1 amide bonds. The van der Waals surface area contributed by atoms with Gasteiger partial charge in [-0.1, -0.05) is 25.1 Å². The number of rotatable bonds is 3. The molecule has 1 rings (SSSR count). The van der Waals surface area contributed by atoms with E-state index in [0.717, 1.165) is 4.31 Å². The van der Waals surface area contributed by atoms with E-state index in [4.69, 9.17) is 0 Å². The highest BCUT2D eigenvalue weighted by atomic mass is 32.2. The maximum absolute atomic E-state index is 11.8. The quantitative estimate of drug-likeness (QED) is 0.780. The number of amides is 1. The molecule has 1 aromatic carbocycles. The third-order valence-electron chi connectivity index (χ3n) is 2.06. The van der Waals surface area contributed by atoms with Gasteiger partial charge in [-0.3, -0.25) is 4.79 Å². The van der Waals surface area contributed by atoms with Gasteiger partial charge >= 0.3 is 0 Å². The third kappa shape index (κ3) is 2.36. The van der Waals surface area contributed by atoms with E-state index in [1.807, 2.05) is 0 Å². The average Bonchev–Trinajstić information content (AvgIpc) is 2.28. The van der Waals surface area contributed by atoms with Crippen LogP contribution in [0.2, 0.25) is 0 Å². The van der Waals surface area contributed by atoms with E-state index in [1.165, 1.54) is 19.2 Å². The summed E-state index contributed by atoms with van der Waals surface area (Å²) in [5.74, 6) is -0.418. The molecule has 1 aromatic rings. The lowest BCUT2D eigenvalue weighted by molar-refractivity contribution is -0.125. The minimum Gasteiger partial charge on any atom is -0.274 e. The molecule has 0 saturated carbocycles. The van der Waals surface area contributed by atoms with Crippen molar-refractivity contribution in [1.82, 2.24) is 4.31 Å². The molecule has 0 fully saturated rings. The van der Waals surface area contributed by atoms with Crippen molar-refractivity contribution in [2.75, 3.05) is 7.05 Å². The molecule has 0 aliphatic carbocycles. The molecule has 0 spiro atoms. The van der Waals surface area contributed by atoms with E-state index >= 15 is 0 Å². The van der Waals surface area contributed by atoms with Crippen molar-refractivity contribution in [2.24, 2.45) is 0 Å². The van der Waals surface area contributed by atoms with Gasteiger partial charge < -0.3 is 0 Å². The molecule has 0 N–H and O–H groups in total. The van der Waals surface area contributed by atoms with Crippen LogP contribution in [-0.4, -0.2) is 25.7 Å². The van der Waals surface area contributed by atoms with Gasteiger partial charge in [0.2, 0.25) is 5.91 Å². The van der Waals surface area contributed by atoms with Gasteiger partial charge in [-0.15, -0.1) is 0 Å². The Labute approximate surface area is 89.6 Å². The van der Waals surface area contributed by atoms with Crippen molar-refractivity contribution in [3.05, 3.63) is 30.3 Å². The number of hydrogen-bond donors (Lipinski definition) is 0. The van der Waals surface area contributed by atoms with Crippen LogP contribution in [0.15, 0.2) is 35.2 Å². The molecule has 15 heavy (non-hydrogen) atoms. The van der Waals surface area contributed by atoms with E-state index in [9.17, 15) is 13.2 Å². The summed E-state index contributed by atoms with van der Waals surface area (Å²) in [4.78, 5) is 11.4. The number of carbonyl (C=O) groups is 1. The molecule has 0 aromatic heterocycles. The lowest BCUT2D eigenvalue weighted by Gasteiger charge is -2.16. The number of benzene rings is 1. The SMILES string of the molecule is CCC(=O)N(C)S(=O)(=O)c1ccccc1. The van der Waals surface area contributed by atoms with Crippen molar-refractivity contribution in [2.45, 2.75) is 18.2 Å². The second-order valence-electron chi connectivity index (χ2n) is 3.03. The van der Waals surface area contributed by atoms with Crippen LogP contribution in [-0.2, 0) is 14.8 Å². The first kappa shape index (κ1) is 11.7. The lowest BCUT2D eigenvalue weighted by atomic mass is 10.4. The maximum Gasteiger partial charge on any atom is 0.266 e. The lowest BCUT2D eigenvalue weighted by Crippen LogP contribution is -2.32. The summed E-state index contributed by atoms with van der Waals surface area (Å²) in [6, 6.07) is 7.90. The summed E-state index contributed by atoms with van der Waals surface area (Å²) in [6.45, 7) is 1.62. The van der Waals surface area contributed by atoms with Crippen LogP contribution >= 0.6 is 0 Å². The molecule has 0 saturated heterocycles. The van der Waals surface area contributed by atoms with Crippen molar-refractivity contribution >= 4 is 15.9 Å². The van der Waals surface area contributed by atoms with Gasteiger partial charge in [-0.25, -0.2) is 12.7 Å². The van der Waals surface area contributed by atoms with Gasteiger partial charge in [0.1, 0.15) is 0 Å². The fourth-order valence-electron chi connectivity index (χ4n) is 1.11. The highest BCUT2D eigenvalue weighted by molar-refractivity contribution is 7.89. The highest BCUT2D eigenvalue weighted by Crippen LogP contribution is 2.13. The summed E-state index contributed by atoms with van der Waals surface area (Å²) in [5.41, 5.74) is 0. The van der Waals surface area contributed by atoms with Gasteiger partial charge in [0.25, 0.3) is 10.0 Å². The van der Waals surface area contributed by atoms with Gasteiger partial charge in [0, 0.05) is 13.5 Å². The van der Waals surface area contributed by atoms with Crippen LogP contribution in [0.1, 0.15) is 13.3 Å². The second-order valence-corrected chi connectivity index (χ2v) is 5.00. The minimum absolute atomic E-state index is 0.134. The first-order valence-corrected chi connectivity index (χ1v) is 6.01. The number of nitrogens with zero attached hydrogens (tertiary/aromatic N) is 1. The Morgan fingerprint density at radius 2 is 1.80 bits per heavy atom. The van der Waals surface area contributed by atoms with Crippen LogP contribution < -0.4 is 0 Å². The van der Waals surface area contributed by atoms with E-state index in [-0.39, 0.29) is 11.3 Å². The predicted molar refractivity (Wildman–Crippen MR) is 56.7 cm³/mol. The summed E-state index contributed by atoms with van der Waals surface area (Å²) >= 11 is 0. The molecule has 0 radical (unpaired) electrons. The molecule has 0 aliphatic rings. The Morgan fingerprint density at radius 3 is 2.27 bits per heavy atom. The first-order chi connectivity index (χ1) is 7.00. The van der Waals surface area contributed by atoms with E-state index in [1.54, 1.807) is 25.1 Å². The molecule has 0 bridgehead atoms. The van der Waals surface area contributed by atoms with E-state index in [2.05, 4.69) is 0 Å². The van der Waals surface area contributed by atoms with Crippen molar-refractivity contribution in [1.29, 1.82) is 0 Å². The Kier molecular flexibility index (Phi) is 3.47. The zero-order chi connectivity index (χ0) is 11.5. The van der Waals surface area contributed by atoms with Crippen LogP contribution in [0.4, 0.5) is 0 Å². The second kappa shape index (κ2) is 4.44. The number of carbonyl (C=O) groups excluding carboxylic acids is 1. The summed E-state index contributed by atoms with van der Waals surface area (Å²) in [5, 5.41) is 0. The molecule has 0 aliphatic heterocycles. The maximum atomic E-state index is 11.8. The van der Waals surface area contributed by atoms with Crippen LogP contribution in [0.25, 0.3) is 0 Å². The first-order valence-electron chi connectivity index (χ1n) is 4.57. The molecule has 0 unspecified atom stereocenters. The summed E-state index contributed by atoms with van der Waals surface area (Å²) in [7, 11) is -2.39. The molecule has 4 nitrogen and oxygen atoms in total. The fourth-order valence-corrected chi connectivity index (χ4v) is 2.32. The highest BCUT2D eigenvalue weighted by Gasteiger charge is 2.23. The van der Waals surface area contributed by atoms with Crippen molar-refractivity contribution < 1.29 is 13.2 Å². The Hall–Kier alpha value is -1.36. The van der Waals surface area contributed by atoms with Crippen LogP contribution in [0, 0.1) is 0 Å². The summed E-state index contributed by atoms with van der Waals surface area (Å²) < 4.78 is 24.5. The van der Waals surface area contributed by atoms with Gasteiger partial charge in [-0.2, -0.15) is 0 Å². The zero-order valence-corrected chi connectivity index (χ0v) is 9.49. The number of sulfonamides is 1. The largest absolute Gasteiger partial charge is 0.274 e. The van der Waals surface area contributed by atoms with Gasteiger partial charge in [0.05, 0.1) is 4.90 Å². The van der Waals surface area contributed by atoms with Crippen LogP contribution in [0.3, 0.4) is 0 Å². The third-order valence-corrected chi connectivity index (χ3v) is 3.85. The fraction of sp³-hybridized carbons (Fsp3) is 0.300. The molecular weight excluding hydrogens is 214 g/mol. The number of hydrogen-bond acceptors (Lipinski definition) is 3. The Balaban J connectivity index is 3.09. The van der Waals surface area contributed by atoms with Gasteiger partial charge in [0.15, 0.2) is 0 Å². The Bertz CT molecular complexity index is 439. The zero-order valence-electron chi connectivity index (χ0n) is 8.67. The van der Waals surface area contributed by atoms with Gasteiger partial charge in [-0.05, 0) is 12.1 Å².